The minimum atomic E-state index is -3.26. The molecular weight excluding hydrogens is 226 g/mol. The molecule has 4 nitrogen and oxygen atoms in total. The Labute approximate surface area is 94.9 Å². The SMILES string of the molecule is CS(=O)(=O)N1c2ccccc2[C@H]2CCO[C@H]21. The first kappa shape index (κ1) is 10.1. The maximum Gasteiger partial charge on any atom is 0.234 e. The maximum absolute atomic E-state index is 11.8. The summed E-state index contributed by atoms with van der Waals surface area (Å²) >= 11 is 0. The van der Waals surface area contributed by atoms with Crippen LogP contribution in [0.5, 0.6) is 0 Å². The number of ether oxygens (including phenoxy) is 1. The van der Waals surface area contributed by atoms with E-state index in [1.165, 1.54) is 10.6 Å². The molecule has 0 amide bonds. The van der Waals surface area contributed by atoms with Gasteiger partial charge in [-0.3, -0.25) is 0 Å². The predicted octanol–water partition coefficient (Wildman–Crippen LogP) is 1.30. The number of rotatable bonds is 1. The number of sulfonamides is 1. The van der Waals surface area contributed by atoms with Crippen molar-refractivity contribution < 1.29 is 13.2 Å². The van der Waals surface area contributed by atoms with E-state index in [0.29, 0.717) is 6.61 Å². The zero-order valence-electron chi connectivity index (χ0n) is 8.96. The third-order valence-corrected chi connectivity index (χ3v) is 4.34. The smallest absolute Gasteiger partial charge is 0.234 e. The van der Waals surface area contributed by atoms with Gasteiger partial charge in [0, 0.05) is 5.92 Å². The van der Waals surface area contributed by atoms with Crippen LogP contribution < -0.4 is 4.31 Å². The Kier molecular flexibility index (Phi) is 2.03. The lowest BCUT2D eigenvalue weighted by atomic mass is 9.99. The molecule has 2 aliphatic rings. The van der Waals surface area contributed by atoms with Crippen LogP contribution in [-0.2, 0) is 14.8 Å². The average molecular weight is 239 g/mol. The third-order valence-electron chi connectivity index (χ3n) is 3.22. The van der Waals surface area contributed by atoms with E-state index in [0.717, 1.165) is 17.7 Å². The zero-order chi connectivity index (χ0) is 11.3. The molecule has 5 heteroatoms. The fourth-order valence-corrected chi connectivity index (χ4v) is 3.73. The molecule has 0 saturated carbocycles. The Morgan fingerprint density at radius 1 is 1.38 bits per heavy atom. The summed E-state index contributed by atoms with van der Waals surface area (Å²) in [6.45, 7) is 0.635. The first-order valence-corrected chi connectivity index (χ1v) is 7.14. The molecule has 1 saturated heterocycles. The molecule has 2 aliphatic heterocycles. The molecule has 0 spiro atoms. The molecule has 0 bridgehead atoms. The molecule has 16 heavy (non-hydrogen) atoms. The van der Waals surface area contributed by atoms with Gasteiger partial charge in [0.1, 0.15) is 0 Å². The molecule has 1 aromatic carbocycles. The summed E-state index contributed by atoms with van der Waals surface area (Å²) in [5, 5.41) is 0. The molecule has 3 rings (SSSR count). The molecule has 2 heterocycles. The minimum absolute atomic E-state index is 0.200. The summed E-state index contributed by atoms with van der Waals surface area (Å²) in [5.41, 5.74) is 1.87. The fourth-order valence-electron chi connectivity index (χ4n) is 2.62. The monoisotopic (exact) mass is 239 g/mol. The molecular formula is C11H13NO3S. The van der Waals surface area contributed by atoms with E-state index < -0.39 is 10.0 Å². The summed E-state index contributed by atoms with van der Waals surface area (Å²) in [7, 11) is -3.26. The van der Waals surface area contributed by atoms with Gasteiger partial charge in [-0.2, -0.15) is 0 Å². The lowest BCUT2D eigenvalue weighted by Gasteiger charge is -2.23. The van der Waals surface area contributed by atoms with E-state index in [4.69, 9.17) is 4.74 Å². The van der Waals surface area contributed by atoms with E-state index in [1.807, 2.05) is 24.3 Å². The second-order valence-electron chi connectivity index (χ2n) is 4.27. The van der Waals surface area contributed by atoms with E-state index in [-0.39, 0.29) is 12.1 Å². The molecule has 1 aromatic rings. The molecule has 2 atom stereocenters. The van der Waals surface area contributed by atoms with Gasteiger partial charge in [0.25, 0.3) is 0 Å². The number of nitrogens with zero attached hydrogens (tertiary/aromatic N) is 1. The highest BCUT2D eigenvalue weighted by molar-refractivity contribution is 7.92. The first-order valence-electron chi connectivity index (χ1n) is 5.29. The number of hydrogen-bond donors (Lipinski definition) is 0. The van der Waals surface area contributed by atoms with Crippen molar-refractivity contribution in [1.29, 1.82) is 0 Å². The highest BCUT2D eigenvalue weighted by atomic mass is 32.2. The van der Waals surface area contributed by atoms with Crippen LogP contribution in [0.25, 0.3) is 0 Å². The number of fused-ring (bicyclic) bond motifs is 3. The zero-order valence-corrected chi connectivity index (χ0v) is 9.78. The Hall–Kier alpha value is -1.07. The number of benzene rings is 1. The summed E-state index contributed by atoms with van der Waals surface area (Å²) in [6.07, 6.45) is 1.80. The lowest BCUT2D eigenvalue weighted by Crippen LogP contribution is -2.37. The van der Waals surface area contributed by atoms with Crippen LogP contribution in [0.4, 0.5) is 5.69 Å². The lowest BCUT2D eigenvalue weighted by molar-refractivity contribution is 0.118. The maximum atomic E-state index is 11.8. The van der Waals surface area contributed by atoms with Gasteiger partial charge in [0.05, 0.1) is 18.6 Å². The summed E-state index contributed by atoms with van der Waals surface area (Å²) in [4.78, 5) is 0. The van der Waals surface area contributed by atoms with Crippen molar-refractivity contribution in [3.8, 4) is 0 Å². The van der Waals surface area contributed by atoms with Crippen LogP contribution in [0.2, 0.25) is 0 Å². The van der Waals surface area contributed by atoms with Gasteiger partial charge >= 0.3 is 0 Å². The van der Waals surface area contributed by atoms with Crippen LogP contribution in [0, 0.1) is 0 Å². The molecule has 0 aromatic heterocycles. The van der Waals surface area contributed by atoms with Gasteiger partial charge in [-0.1, -0.05) is 18.2 Å². The normalized spacial score (nSPS) is 27.9. The first-order chi connectivity index (χ1) is 7.59. The van der Waals surface area contributed by atoms with Gasteiger partial charge in [-0.15, -0.1) is 0 Å². The fraction of sp³-hybridized carbons (Fsp3) is 0.455. The number of hydrogen-bond acceptors (Lipinski definition) is 3. The van der Waals surface area contributed by atoms with Crippen molar-refractivity contribution >= 4 is 15.7 Å². The van der Waals surface area contributed by atoms with Crippen molar-refractivity contribution in [3.63, 3.8) is 0 Å². The standard InChI is InChI=1S/C11H13NO3S/c1-16(13,14)12-10-5-3-2-4-8(10)9-6-7-15-11(9)12/h2-5,9,11H,6-7H2,1H3/t9-,11-/m1/s1. The van der Waals surface area contributed by atoms with Gasteiger partial charge in [-0.25, -0.2) is 12.7 Å². The van der Waals surface area contributed by atoms with Crippen molar-refractivity contribution in [3.05, 3.63) is 29.8 Å². The van der Waals surface area contributed by atoms with Crippen LogP contribution in [-0.4, -0.2) is 27.5 Å². The Morgan fingerprint density at radius 2 is 2.12 bits per heavy atom. The number of anilines is 1. The van der Waals surface area contributed by atoms with Crippen molar-refractivity contribution in [2.45, 2.75) is 18.6 Å². The topological polar surface area (TPSA) is 46.6 Å². The second kappa shape index (κ2) is 3.21. The Balaban J connectivity index is 2.19. The summed E-state index contributed by atoms with van der Waals surface area (Å²) in [5.74, 6) is 0.200. The van der Waals surface area contributed by atoms with Gasteiger partial charge in [-0.05, 0) is 18.1 Å². The molecule has 0 radical (unpaired) electrons. The van der Waals surface area contributed by atoms with Crippen LogP contribution >= 0.6 is 0 Å². The van der Waals surface area contributed by atoms with Crippen molar-refractivity contribution in [2.75, 3.05) is 17.2 Å². The van der Waals surface area contributed by atoms with Crippen LogP contribution in [0.3, 0.4) is 0 Å². The molecule has 86 valence electrons. The van der Waals surface area contributed by atoms with Gasteiger partial charge in [0.2, 0.25) is 10.0 Å². The molecule has 0 N–H and O–H groups in total. The quantitative estimate of drug-likeness (QED) is 0.742. The van der Waals surface area contributed by atoms with E-state index in [1.54, 1.807) is 0 Å². The minimum Gasteiger partial charge on any atom is -0.357 e. The van der Waals surface area contributed by atoms with E-state index in [2.05, 4.69) is 0 Å². The predicted molar refractivity (Wildman–Crippen MR) is 60.9 cm³/mol. The molecule has 1 fully saturated rings. The highest BCUT2D eigenvalue weighted by Gasteiger charge is 2.46. The van der Waals surface area contributed by atoms with Crippen LogP contribution in [0.15, 0.2) is 24.3 Å². The Morgan fingerprint density at radius 3 is 2.88 bits per heavy atom. The average Bonchev–Trinajstić information content (AvgIpc) is 2.73. The van der Waals surface area contributed by atoms with Crippen molar-refractivity contribution in [1.82, 2.24) is 0 Å². The molecule has 0 unspecified atom stereocenters. The van der Waals surface area contributed by atoms with E-state index in [9.17, 15) is 8.42 Å². The van der Waals surface area contributed by atoms with Crippen LogP contribution in [0.1, 0.15) is 17.9 Å². The third kappa shape index (κ3) is 1.28. The molecule has 0 aliphatic carbocycles. The largest absolute Gasteiger partial charge is 0.357 e. The highest BCUT2D eigenvalue weighted by Crippen LogP contribution is 2.47. The van der Waals surface area contributed by atoms with Crippen molar-refractivity contribution in [2.24, 2.45) is 0 Å². The Bertz CT molecular complexity index is 526. The van der Waals surface area contributed by atoms with Gasteiger partial charge in [0.15, 0.2) is 6.23 Å². The van der Waals surface area contributed by atoms with Gasteiger partial charge < -0.3 is 4.74 Å². The second-order valence-corrected chi connectivity index (χ2v) is 6.13. The summed E-state index contributed by atoms with van der Waals surface area (Å²) < 4.78 is 30.5. The number of para-hydroxylation sites is 1. The van der Waals surface area contributed by atoms with E-state index >= 15 is 0 Å². The summed E-state index contributed by atoms with van der Waals surface area (Å²) in [6, 6.07) is 7.64.